The Hall–Kier alpha value is -3.64. The smallest absolute Gasteiger partial charge is 0.282 e. The molecule has 0 atom stereocenters. The Kier molecular flexibility index (Phi) is 6.20. The van der Waals surface area contributed by atoms with Crippen molar-refractivity contribution in [2.45, 2.75) is 26.7 Å². The standard InChI is InChI=1S/C26H24ClN3O3/c1-15(2)20-13-21(16(3)11-24(20)33-4)25-29-22-8-6-5-7-19(22)26(32)30(25)28-14-17-12-18(27)9-10-23(17)31/h5-15,31H,1-4H3. The zero-order valence-electron chi connectivity index (χ0n) is 18.8. The number of ether oxygens (including phenoxy) is 1. The third kappa shape index (κ3) is 4.34. The highest BCUT2D eigenvalue weighted by molar-refractivity contribution is 6.30. The molecule has 0 unspecified atom stereocenters. The zero-order valence-corrected chi connectivity index (χ0v) is 19.6. The summed E-state index contributed by atoms with van der Waals surface area (Å²) in [7, 11) is 1.65. The highest BCUT2D eigenvalue weighted by atomic mass is 35.5. The number of aromatic nitrogens is 2. The molecule has 0 aliphatic rings. The van der Waals surface area contributed by atoms with E-state index in [-0.39, 0.29) is 17.2 Å². The van der Waals surface area contributed by atoms with Crippen LogP contribution in [-0.4, -0.2) is 28.1 Å². The summed E-state index contributed by atoms with van der Waals surface area (Å²) in [5, 5.41) is 15.5. The molecule has 0 saturated heterocycles. The van der Waals surface area contributed by atoms with E-state index >= 15 is 0 Å². The maximum absolute atomic E-state index is 13.4. The molecular formula is C26H24ClN3O3. The summed E-state index contributed by atoms with van der Waals surface area (Å²) in [5.41, 5.74) is 3.33. The number of aryl methyl sites for hydroxylation is 1. The van der Waals surface area contributed by atoms with Crippen LogP contribution in [0.1, 0.15) is 36.5 Å². The molecule has 0 bridgehead atoms. The summed E-state index contributed by atoms with van der Waals surface area (Å²) in [4.78, 5) is 18.2. The van der Waals surface area contributed by atoms with Crippen LogP contribution < -0.4 is 10.3 Å². The van der Waals surface area contributed by atoms with Gasteiger partial charge in [-0.1, -0.05) is 37.6 Å². The summed E-state index contributed by atoms with van der Waals surface area (Å²) in [6.07, 6.45) is 1.41. The fourth-order valence-electron chi connectivity index (χ4n) is 3.72. The van der Waals surface area contributed by atoms with Crippen molar-refractivity contribution >= 4 is 28.7 Å². The van der Waals surface area contributed by atoms with Gasteiger partial charge in [-0.15, -0.1) is 0 Å². The van der Waals surface area contributed by atoms with E-state index in [9.17, 15) is 9.90 Å². The maximum atomic E-state index is 13.4. The molecule has 1 aromatic heterocycles. The number of hydrogen-bond donors (Lipinski definition) is 1. The van der Waals surface area contributed by atoms with Crippen LogP contribution >= 0.6 is 11.6 Å². The topological polar surface area (TPSA) is 76.7 Å². The lowest BCUT2D eigenvalue weighted by Gasteiger charge is -2.17. The fraction of sp³-hybridized carbons (Fsp3) is 0.192. The molecule has 1 heterocycles. The molecule has 4 aromatic rings. The number of phenolic OH excluding ortho intramolecular Hbond substituents is 1. The Morgan fingerprint density at radius 2 is 1.91 bits per heavy atom. The van der Waals surface area contributed by atoms with Crippen molar-refractivity contribution in [1.82, 2.24) is 9.66 Å². The zero-order chi connectivity index (χ0) is 23.7. The van der Waals surface area contributed by atoms with Crippen LogP contribution in [0.5, 0.6) is 11.5 Å². The first kappa shape index (κ1) is 22.6. The van der Waals surface area contributed by atoms with Crippen molar-refractivity contribution < 1.29 is 9.84 Å². The number of benzene rings is 3. The highest BCUT2D eigenvalue weighted by Gasteiger charge is 2.18. The van der Waals surface area contributed by atoms with E-state index in [2.05, 4.69) is 18.9 Å². The Labute approximate surface area is 196 Å². The first-order valence-corrected chi connectivity index (χ1v) is 10.9. The van der Waals surface area contributed by atoms with Gasteiger partial charge >= 0.3 is 0 Å². The van der Waals surface area contributed by atoms with Gasteiger partial charge in [0.25, 0.3) is 5.56 Å². The van der Waals surface area contributed by atoms with E-state index < -0.39 is 0 Å². The minimum absolute atomic E-state index is 0.00854. The summed E-state index contributed by atoms with van der Waals surface area (Å²) < 4.78 is 6.84. The summed E-state index contributed by atoms with van der Waals surface area (Å²) in [6, 6.07) is 15.7. The lowest BCUT2D eigenvalue weighted by atomic mass is 9.96. The molecule has 4 rings (SSSR count). The average molecular weight is 462 g/mol. The minimum atomic E-state index is -0.310. The van der Waals surface area contributed by atoms with Crippen LogP contribution in [-0.2, 0) is 0 Å². The van der Waals surface area contributed by atoms with Gasteiger partial charge in [0, 0.05) is 16.1 Å². The third-order valence-corrected chi connectivity index (χ3v) is 5.73. The molecule has 0 aliphatic heterocycles. The van der Waals surface area contributed by atoms with E-state index in [0.29, 0.717) is 27.3 Å². The highest BCUT2D eigenvalue weighted by Crippen LogP contribution is 2.34. The van der Waals surface area contributed by atoms with E-state index in [0.717, 1.165) is 22.4 Å². The normalized spacial score (nSPS) is 11.6. The number of nitrogens with zero attached hydrogens (tertiary/aromatic N) is 3. The van der Waals surface area contributed by atoms with Gasteiger partial charge in [-0.25, -0.2) is 4.98 Å². The maximum Gasteiger partial charge on any atom is 0.282 e. The number of aromatic hydroxyl groups is 1. The summed E-state index contributed by atoms with van der Waals surface area (Å²) in [5.74, 6) is 1.40. The molecule has 33 heavy (non-hydrogen) atoms. The summed E-state index contributed by atoms with van der Waals surface area (Å²) in [6.45, 7) is 6.11. The molecule has 6 nitrogen and oxygen atoms in total. The van der Waals surface area contributed by atoms with Crippen molar-refractivity contribution in [2.24, 2.45) is 5.10 Å². The SMILES string of the molecule is COc1cc(C)c(-c2nc3ccccc3c(=O)n2N=Cc2cc(Cl)ccc2O)cc1C(C)C. The van der Waals surface area contributed by atoms with Crippen LogP contribution in [0.2, 0.25) is 5.02 Å². The number of phenols is 1. The number of para-hydroxylation sites is 1. The molecule has 0 radical (unpaired) electrons. The third-order valence-electron chi connectivity index (χ3n) is 5.50. The van der Waals surface area contributed by atoms with Crippen LogP contribution in [0.15, 0.2) is 64.5 Å². The molecular weight excluding hydrogens is 438 g/mol. The van der Waals surface area contributed by atoms with Crippen LogP contribution in [0, 0.1) is 6.92 Å². The van der Waals surface area contributed by atoms with Gasteiger partial charge in [-0.2, -0.15) is 9.78 Å². The monoisotopic (exact) mass is 461 g/mol. The van der Waals surface area contributed by atoms with Gasteiger partial charge in [0.2, 0.25) is 0 Å². The minimum Gasteiger partial charge on any atom is -0.507 e. The van der Waals surface area contributed by atoms with Gasteiger partial charge in [-0.3, -0.25) is 4.79 Å². The van der Waals surface area contributed by atoms with Gasteiger partial charge in [0.1, 0.15) is 11.5 Å². The van der Waals surface area contributed by atoms with E-state index in [4.69, 9.17) is 21.3 Å². The lowest BCUT2D eigenvalue weighted by Crippen LogP contribution is -2.20. The average Bonchev–Trinajstić information content (AvgIpc) is 2.80. The second-order valence-corrected chi connectivity index (χ2v) is 8.52. The molecule has 168 valence electrons. The van der Waals surface area contributed by atoms with Crippen molar-refractivity contribution in [3.63, 3.8) is 0 Å². The predicted octanol–water partition coefficient (Wildman–Crippen LogP) is 5.75. The number of rotatable bonds is 5. The molecule has 0 saturated carbocycles. The second-order valence-electron chi connectivity index (χ2n) is 8.08. The molecule has 0 fully saturated rings. The molecule has 0 amide bonds. The fourth-order valence-corrected chi connectivity index (χ4v) is 3.90. The van der Waals surface area contributed by atoms with Crippen molar-refractivity contribution in [1.29, 1.82) is 0 Å². The van der Waals surface area contributed by atoms with Gasteiger partial charge in [0.05, 0.1) is 24.2 Å². The van der Waals surface area contributed by atoms with Gasteiger partial charge in [0.15, 0.2) is 5.82 Å². The Morgan fingerprint density at radius 1 is 1.15 bits per heavy atom. The number of hydrogen-bond acceptors (Lipinski definition) is 5. The van der Waals surface area contributed by atoms with Crippen molar-refractivity contribution in [3.05, 3.63) is 86.7 Å². The Morgan fingerprint density at radius 3 is 2.64 bits per heavy atom. The molecule has 0 spiro atoms. The quantitative estimate of drug-likeness (QED) is 0.384. The number of methoxy groups -OCH3 is 1. The lowest BCUT2D eigenvalue weighted by molar-refractivity contribution is 0.407. The molecule has 0 aliphatic carbocycles. The second kappa shape index (κ2) is 9.08. The van der Waals surface area contributed by atoms with E-state index in [1.807, 2.05) is 25.1 Å². The number of halogens is 1. The van der Waals surface area contributed by atoms with Crippen LogP contribution in [0.25, 0.3) is 22.3 Å². The number of fused-ring (bicyclic) bond motifs is 1. The summed E-state index contributed by atoms with van der Waals surface area (Å²) >= 11 is 6.07. The molecule has 3 aromatic carbocycles. The predicted molar refractivity (Wildman–Crippen MR) is 133 cm³/mol. The van der Waals surface area contributed by atoms with Crippen molar-refractivity contribution in [2.75, 3.05) is 7.11 Å². The van der Waals surface area contributed by atoms with Gasteiger partial charge < -0.3 is 9.84 Å². The van der Waals surface area contributed by atoms with Crippen LogP contribution in [0.3, 0.4) is 0 Å². The van der Waals surface area contributed by atoms with Crippen LogP contribution in [0.4, 0.5) is 0 Å². The first-order chi connectivity index (χ1) is 15.8. The molecule has 1 N–H and O–H groups in total. The largest absolute Gasteiger partial charge is 0.507 e. The van der Waals surface area contributed by atoms with E-state index in [1.54, 1.807) is 37.4 Å². The van der Waals surface area contributed by atoms with E-state index in [1.165, 1.54) is 17.0 Å². The Bertz CT molecular complexity index is 1440. The first-order valence-electron chi connectivity index (χ1n) is 10.5. The molecule has 7 heteroatoms. The Balaban J connectivity index is 2.01. The van der Waals surface area contributed by atoms with Crippen molar-refractivity contribution in [3.8, 4) is 22.9 Å². The van der Waals surface area contributed by atoms with Gasteiger partial charge in [-0.05, 0) is 66.4 Å².